The van der Waals surface area contributed by atoms with E-state index < -0.39 is 33.2 Å². The second-order valence-electron chi connectivity index (χ2n) is 22.2. The zero-order valence-electron chi connectivity index (χ0n) is 45.1. The van der Waals surface area contributed by atoms with Crippen molar-refractivity contribution in [2.45, 2.75) is 7.25 Å². The summed E-state index contributed by atoms with van der Waals surface area (Å²) in [4.78, 5) is 0. The van der Waals surface area contributed by atoms with Crippen LogP contribution < -0.4 is 13.6 Å². The molecule has 0 spiro atoms. The molecule has 1 aliphatic heterocycles. The molecule has 0 saturated carbocycles. The van der Waals surface area contributed by atoms with Gasteiger partial charge in [-0.1, -0.05) is 0 Å². The SMILES string of the molecule is [Cl][Zr]([Cl])([c]1cccc2c1[SiH2]c1ccccc1-2)([CH]1C(c2ccccc2)=Cc2c1ccc(-c1ccccc1)c2-c1ccccc1-c1ccccc1)[CH]1C(c2ccccc2)=Cc2c1ccc(-c1ccccc1)c2-c1ccccc1-c1ccccc1. The van der Waals surface area contributed by atoms with Crippen molar-refractivity contribution in [3.05, 3.63) is 331 Å². The van der Waals surface area contributed by atoms with Crippen LogP contribution in [-0.4, -0.2) is 9.52 Å². The van der Waals surface area contributed by atoms with Crippen molar-refractivity contribution in [1.82, 2.24) is 0 Å². The first kappa shape index (κ1) is 50.7. The molecular weight excluding hydrogens is 1130 g/mol. The molecular formula is C78H55Cl2SiZr. The van der Waals surface area contributed by atoms with E-state index in [9.17, 15) is 17.0 Å². The Kier molecular flexibility index (Phi) is 12.8. The van der Waals surface area contributed by atoms with E-state index in [1.165, 1.54) is 114 Å². The van der Waals surface area contributed by atoms with E-state index >= 15 is 0 Å². The van der Waals surface area contributed by atoms with E-state index in [0.717, 1.165) is 22.3 Å². The molecule has 0 amide bonds. The molecule has 2 atom stereocenters. The van der Waals surface area contributed by atoms with Crippen molar-refractivity contribution >= 4 is 63.5 Å². The van der Waals surface area contributed by atoms with Gasteiger partial charge >= 0.3 is 496 Å². The zero-order valence-corrected chi connectivity index (χ0v) is 50.4. The summed E-state index contributed by atoms with van der Waals surface area (Å²) in [5, 5.41) is 2.82. The maximum atomic E-state index is 9.98. The Morgan fingerprint density at radius 3 is 1.01 bits per heavy atom. The maximum absolute atomic E-state index is 9.98. The fourth-order valence-corrected chi connectivity index (χ4v) is 41.3. The summed E-state index contributed by atoms with van der Waals surface area (Å²) >= 11 is -6.32. The van der Waals surface area contributed by atoms with Crippen LogP contribution in [0.2, 0.25) is 0 Å². The Hall–Kier alpha value is -8.20. The summed E-state index contributed by atoms with van der Waals surface area (Å²) < 4.78 is 0.368. The molecule has 1 heterocycles. The summed E-state index contributed by atoms with van der Waals surface area (Å²) in [5.41, 5.74) is 25.9. The van der Waals surface area contributed by atoms with Crippen LogP contribution >= 0.6 is 17.0 Å². The molecule has 0 radical (unpaired) electrons. The van der Waals surface area contributed by atoms with Crippen LogP contribution in [0.3, 0.4) is 0 Å². The molecule has 12 aromatic carbocycles. The van der Waals surface area contributed by atoms with Crippen LogP contribution in [0.25, 0.3) is 101 Å². The third kappa shape index (κ3) is 8.26. The number of fused-ring (bicyclic) bond motifs is 5. The topological polar surface area (TPSA) is 0 Å². The Labute approximate surface area is 491 Å². The van der Waals surface area contributed by atoms with Gasteiger partial charge < -0.3 is 0 Å². The number of hydrogen-bond donors (Lipinski definition) is 0. The monoisotopic (exact) mass is 1180 g/mol. The summed E-state index contributed by atoms with van der Waals surface area (Å²) in [6, 6.07) is 109. The average molecular weight is 1180 g/mol. The van der Waals surface area contributed by atoms with Gasteiger partial charge in [-0.05, 0) is 0 Å². The van der Waals surface area contributed by atoms with Crippen LogP contribution in [0.4, 0.5) is 0 Å². The molecule has 0 aromatic heterocycles. The third-order valence-electron chi connectivity index (χ3n) is 17.8. The van der Waals surface area contributed by atoms with Crippen molar-refractivity contribution < 1.29 is 16.4 Å². The molecule has 15 rings (SSSR count). The molecule has 12 aromatic rings. The molecule has 0 fully saturated rings. The number of halogens is 2. The summed E-state index contributed by atoms with van der Waals surface area (Å²) in [6.45, 7) is 0. The molecule has 0 saturated heterocycles. The van der Waals surface area contributed by atoms with Gasteiger partial charge in [-0.15, -0.1) is 0 Å². The summed E-state index contributed by atoms with van der Waals surface area (Å²) in [7, 11) is 18.9. The first-order chi connectivity index (χ1) is 40.4. The van der Waals surface area contributed by atoms with E-state index in [2.05, 4.69) is 309 Å². The van der Waals surface area contributed by atoms with Crippen molar-refractivity contribution in [2.75, 3.05) is 0 Å². The number of benzene rings is 12. The second kappa shape index (κ2) is 20.7. The summed E-state index contributed by atoms with van der Waals surface area (Å²) in [5.74, 6) is 0. The standard InChI is InChI=1S/2C33H23.C12H9Si.2ClH.Zr/c2*1-4-12-24(13-5-1)28-22-27-20-21-30(26-16-8-3-9-17-26)33(32(27)23-28)31-19-11-10-18-29(31)25-14-6-2-7-15-25;1-3-7-11-9(5-1)10-6-2-4-8-12(10)13-11;;;/h2*1-23H;1-7H,13H2;2*1H;/q;;;;;+2/p-2. The number of hydrogen-bond acceptors (Lipinski definition) is 0. The Morgan fingerprint density at radius 1 is 0.268 bits per heavy atom. The van der Waals surface area contributed by atoms with Gasteiger partial charge in [0.25, 0.3) is 0 Å². The fourth-order valence-electron chi connectivity index (χ4n) is 14.3. The number of rotatable bonds is 11. The van der Waals surface area contributed by atoms with Gasteiger partial charge in [-0.3, -0.25) is 0 Å². The van der Waals surface area contributed by atoms with Crippen molar-refractivity contribution in [3.63, 3.8) is 0 Å². The third-order valence-corrected chi connectivity index (χ3v) is 40.3. The van der Waals surface area contributed by atoms with Gasteiger partial charge in [0.05, 0.1) is 0 Å². The molecule has 0 nitrogen and oxygen atoms in total. The Morgan fingerprint density at radius 2 is 0.598 bits per heavy atom. The summed E-state index contributed by atoms with van der Waals surface area (Å²) in [6.07, 6.45) is 5.02. The van der Waals surface area contributed by atoms with Crippen LogP contribution in [0.5, 0.6) is 0 Å². The first-order valence-corrected chi connectivity index (χ1v) is 40.3. The molecule has 389 valence electrons. The van der Waals surface area contributed by atoms with E-state index in [1.54, 1.807) is 0 Å². The van der Waals surface area contributed by atoms with Crippen LogP contribution in [0.1, 0.15) is 40.6 Å². The minimum atomic E-state index is -6.32. The molecule has 0 bridgehead atoms. The van der Waals surface area contributed by atoms with Gasteiger partial charge in [-0.2, -0.15) is 0 Å². The Balaban J connectivity index is 1.09. The fraction of sp³-hybridized carbons (Fsp3) is 0.0256. The van der Waals surface area contributed by atoms with E-state index in [0.29, 0.717) is 0 Å². The molecule has 2 aliphatic carbocycles. The Bertz CT molecular complexity index is 4260. The van der Waals surface area contributed by atoms with Crippen molar-refractivity contribution in [3.8, 4) is 77.9 Å². The quantitative estimate of drug-likeness (QED) is 0.113. The van der Waals surface area contributed by atoms with Crippen LogP contribution in [0.15, 0.2) is 297 Å². The van der Waals surface area contributed by atoms with Gasteiger partial charge in [-0.25, -0.2) is 0 Å². The van der Waals surface area contributed by atoms with E-state index in [1.807, 2.05) is 0 Å². The molecule has 4 heteroatoms. The second-order valence-corrected chi connectivity index (χ2v) is 44.6. The van der Waals surface area contributed by atoms with E-state index in [-0.39, 0.29) is 0 Å². The van der Waals surface area contributed by atoms with Gasteiger partial charge in [0.2, 0.25) is 0 Å². The average Bonchev–Trinajstić information content (AvgIpc) is 1.66. The van der Waals surface area contributed by atoms with Crippen LogP contribution in [0, 0.1) is 0 Å². The predicted octanol–water partition coefficient (Wildman–Crippen LogP) is 19.0. The van der Waals surface area contributed by atoms with Crippen molar-refractivity contribution in [1.29, 1.82) is 0 Å². The molecule has 0 N–H and O–H groups in total. The minimum absolute atomic E-state index is 0.407. The first-order valence-electron chi connectivity index (χ1n) is 28.5. The van der Waals surface area contributed by atoms with Gasteiger partial charge in [0.1, 0.15) is 0 Å². The van der Waals surface area contributed by atoms with Gasteiger partial charge in [0.15, 0.2) is 0 Å². The van der Waals surface area contributed by atoms with E-state index in [4.69, 9.17) is 0 Å². The zero-order chi connectivity index (χ0) is 54.8. The molecule has 82 heavy (non-hydrogen) atoms. The van der Waals surface area contributed by atoms with Crippen molar-refractivity contribution in [2.24, 2.45) is 0 Å². The predicted molar refractivity (Wildman–Crippen MR) is 351 cm³/mol. The molecule has 3 aliphatic rings. The van der Waals surface area contributed by atoms with Crippen LogP contribution in [-0.2, 0) is 16.4 Å². The van der Waals surface area contributed by atoms with Gasteiger partial charge in [0, 0.05) is 0 Å². The molecule has 2 unspecified atom stereocenters. The number of allylic oxidation sites excluding steroid dienone is 2. The normalized spacial score (nSPS) is 15.6.